The van der Waals surface area contributed by atoms with Crippen LogP contribution in [-0.2, 0) is 29.0 Å². The van der Waals surface area contributed by atoms with E-state index in [1.165, 1.54) is 29.5 Å². The number of likely N-dealkylation sites (tertiary alicyclic amines) is 1. The molecule has 1 fully saturated rings. The van der Waals surface area contributed by atoms with Crippen LogP contribution in [0.5, 0.6) is 0 Å². The zero-order chi connectivity index (χ0) is 21.6. The lowest BCUT2D eigenvalue weighted by Crippen LogP contribution is -2.49. The molecule has 2 amide bonds. The molecule has 4 rings (SSSR count). The second kappa shape index (κ2) is 10.1. The number of hydrogen-bond donors (Lipinski definition) is 2. The van der Waals surface area contributed by atoms with Gasteiger partial charge in [0.15, 0.2) is 0 Å². The van der Waals surface area contributed by atoms with E-state index >= 15 is 0 Å². The van der Waals surface area contributed by atoms with Crippen molar-refractivity contribution < 1.29 is 9.59 Å². The average molecular weight is 420 g/mol. The SMILES string of the molecule is CC(NC(=O)C(=O)NC1CCN(Cc2ccccc2)CC1)c1ccc2c(c1)CCCC2. The van der Waals surface area contributed by atoms with Gasteiger partial charge >= 0.3 is 11.8 Å². The van der Waals surface area contributed by atoms with Gasteiger partial charge in [-0.25, -0.2) is 0 Å². The van der Waals surface area contributed by atoms with Gasteiger partial charge in [-0.05, 0) is 67.7 Å². The molecule has 1 unspecified atom stereocenters. The number of amides is 2. The molecule has 2 N–H and O–H groups in total. The summed E-state index contributed by atoms with van der Waals surface area (Å²) in [6.45, 7) is 4.72. The molecule has 0 saturated carbocycles. The lowest BCUT2D eigenvalue weighted by molar-refractivity contribution is -0.140. The minimum Gasteiger partial charge on any atom is -0.345 e. The van der Waals surface area contributed by atoms with Crippen LogP contribution in [0.2, 0.25) is 0 Å². The Hall–Kier alpha value is -2.66. The van der Waals surface area contributed by atoms with Gasteiger partial charge in [-0.1, -0.05) is 48.5 Å². The highest BCUT2D eigenvalue weighted by molar-refractivity contribution is 6.35. The van der Waals surface area contributed by atoms with Crippen molar-refractivity contribution in [1.82, 2.24) is 15.5 Å². The molecule has 164 valence electrons. The number of benzene rings is 2. The smallest absolute Gasteiger partial charge is 0.309 e. The van der Waals surface area contributed by atoms with E-state index in [2.05, 4.69) is 58.0 Å². The Morgan fingerprint density at radius 1 is 0.968 bits per heavy atom. The van der Waals surface area contributed by atoms with Gasteiger partial charge in [-0.2, -0.15) is 0 Å². The minimum atomic E-state index is -0.545. The van der Waals surface area contributed by atoms with Crippen LogP contribution in [0.15, 0.2) is 48.5 Å². The number of rotatable bonds is 5. The van der Waals surface area contributed by atoms with Crippen LogP contribution < -0.4 is 10.6 Å². The first-order chi connectivity index (χ1) is 15.1. The van der Waals surface area contributed by atoms with Crippen LogP contribution in [0.1, 0.15) is 60.9 Å². The molecule has 0 radical (unpaired) electrons. The fourth-order valence-electron chi connectivity index (χ4n) is 4.70. The second-order valence-electron chi connectivity index (χ2n) is 8.94. The van der Waals surface area contributed by atoms with Crippen LogP contribution >= 0.6 is 0 Å². The summed E-state index contributed by atoms with van der Waals surface area (Å²) in [6.07, 6.45) is 6.46. The Kier molecular flexibility index (Phi) is 7.03. The Balaban J connectivity index is 1.23. The summed E-state index contributed by atoms with van der Waals surface area (Å²) in [7, 11) is 0. The Morgan fingerprint density at radius 3 is 2.42 bits per heavy atom. The van der Waals surface area contributed by atoms with Crippen LogP contribution in [0.4, 0.5) is 0 Å². The Morgan fingerprint density at radius 2 is 1.68 bits per heavy atom. The number of hydrogen-bond acceptors (Lipinski definition) is 3. The molecule has 1 heterocycles. The fourth-order valence-corrected chi connectivity index (χ4v) is 4.70. The zero-order valence-corrected chi connectivity index (χ0v) is 18.4. The maximum absolute atomic E-state index is 12.5. The van der Waals surface area contributed by atoms with Gasteiger partial charge in [-0.15, -0.1) is 0 Å². The normalized spacial score (nSPS) is 18.1. The molecular weight excluding hydrogens is 386 g/mol. The second-order valence-corrected chi connectivity index (χ2v) is 8.94. The van der Waals surface area contributed by atoms with Gasteiger partial charge in [0, 0.05) is 25.7 Å². The van der Waals surface area contributed by atoms with E-state index in [1.54, 1.807) is 0 Å². The molecule has 0 bridgehead atoms. The van der Waals surface area contributed by atoms with Crippen LogP contribution in [0.25, 0.3) is 0 Å². The highest BCUT2D eigenvalue weighted by Crippen LogP contribution is 2.24. The summed E-state index contributed by atoms with van der Waals surface area (Å²) in [4.78, 5) is 27.3. The van der Waals surface area contributed by atoms with Gasteiger partial charge in [0.1, 0.15) is 0 Å². The van der Waals surface area contributed by atoms with E-state index in [9.17, 15) is 9.59 Å². The molecule has 0 spiro atoms. The van der Waals surface area contributed by atoms with Crippen molar-refractivity contribution in [1.29, 1.82) is 0 Å². The van der Waals surface area contributed by atoms with Crippen molar-refractivity contribution in [3.63, 3.8) is 0 Å². The minimum absolute atomic E-state index is 0.0596. The van der Waals surface area contributed by atoms with Crippen molar-refractivity contribution in [3.05, 3.63) is 70.8 Å². The quantitative estimate of drug-likeness (QED) is 0.729. The zero-order valence-electron chi connectivity index (χ0n) is 18.4. The number of aryl methyl sites for hydroxylation is 2. The van der Waals surface area contributed by atoms with Gasteiger partial charge in [0.25, 0.3) is 0 Å². The molecule has 1 aliphatic carbocycles. The summed E-state index contributed by atoms with van der Waals surface area (Å²) in [5.74, 6) is -1.07. The molecule has 31 heavy (non-hydrogen) atoms. The van der Waals surface area contributed by atoms with E-state index in [1.807, 2.05) is 13.0 Å². The fraction of sp³-hybridized carbons (Fsp3) is 0.462. The van der Waals surface area contributed by atoms with Crippen molar-refractivity contribution >= 4 is 11.8 Å². The molecule has 2 aromatic rings. The van der Waals surface area contributed by atoms with Gasteiger partial charge < -0.3 is 10.6 Å². The van der Waals surface area contributed by atoms with Crippen LogP contribution in [-0.4, -0.2) is 35.8 Å². The molecular formula is C26H33N3O2. The van der Waals surface area contributed by atoms with Crippen molar-refractivity contribution in [3.8, 4) is 0 Å². The largest absolute Gasteiger partial charge is 0.345 e. The molecule has 1 aliphatic heterocycles. The van der Waals surface area contributed by atoms with E-state index in [4.69, 9.17) is 0 Å². The summed E-state index contributed by atoms with van der Waals surface area (Å²) >= 11 is 0. The maximum Gasteiger partial charge on any atom is 0.309 e. The summed E-state index contributed by atoms with van der Waals surface area (Å²) in [6, 6.07) is 16.8. The predicted molar refractivity (Wildman–Crippen MR) is 123 cm³/mol. The molecule has 0 aromatic heterocycles. The predicted octanol–water partition coefficient (Wildman–Crippen LogP) is 3.52. The maximum atomic E-state index is 12.5. The molecule has 1 saturated heterocycles. The Labute approximate surface area is 185 Å². The third-order valence-corrected chi connectivity index (χ3v) is 6.60. The molecule has 2 aliphatic rings. The highest BCUT2D eigenvalue weighted by atomic mass is 16.2. The highest BCUT2D eigenvalue weighted by Gasteiger charge is 2.24. The number of piperidine rings is 1. The first-order valence-electron chi connectivity index (χ1n) is 11.6. The van der Waals surface area contributed by atoms with E-state index in [0.717, 1.165) is 50.9 Å². The van der Waals surface area contributed by atoms with E-state index in [0.29, 0.717) is 0 Å². The average Bonchev–Trinajstić information content (AvgIpc) is 2.80. The number of carbonyl (C=O) groups is 2. The summed E-state index contributed by atoms with van der Waals surface area (Å²) in [5.41, 5.74) is 5.18. The molecule has 2 aromatic carbocycles. The lowest BCUT2D eigenvalue weighted by atomic mass is 9.89. The van der Waals surface area contributed by atoms with Gasteiger partial charge in [-0.3, -0.25) is 14.5 Å². The van der Waals surface area contributed by atoms with Gasteiger partial charge in [0.05, 0.1) is 6.04 Å². The molecule has 5 nitrogen and oxygen atoms in total. The third kappa shape index (κ3) is 5.73. The molecule has 5 heteroatoms. The first-order valence-corrected chi connectivity index (χ1v) is 11.6. The standard InChI is InChI=1S/C26H33N3O2/c1-19(22-12-11-21-9-5-6-10-23(21)17-22)27-25(30)26(31)28-24-13-15-29(16-14-24)18-20-7-3-2-4-8-20/h2-4,7-8,11-12,17,19,24H,5-6,9-10,13-16,18H2,1H3,(H,27,30)(H,28,31). The van der Waals surface area contributed by atoms with E-state index in [-0.39, 0.29) is 12.1 Å². The van der Waals surface area contributed by atoms with Gasteiger partial charge in [0.2, 0.25) is 0 Å². The van der Waals surface area contributed by atoms with Crippen LogP contribution in [0.3, 0.4) is 0 Å². The number of fused-ring (bicyclic) bond motifs is 1. The molecule has 1 atom stereocenters. The summed E-state index contributed by atoms with van der Waals surface area (Å²) in [5, 5.41) is 5.80. The van der Waals surface area contributed by atoms with E-state index < -0.39 is 11.8 Å². The van der Waals surface area contributed by atoms with Crippen molar-refractivity contribution in [2.24, 2.45) is 0 Å². The number of carbonyl (C=O) groups excluding carboxylic acids is 2. The summed E-state index contributed by atoms with van der Waals surface area (Å²) < 4.78 is 0. The monoisotopic (exact) mass is 419 g/mol. The number of nitrogens with zero attached hydrogens (tertiary/aromatic N) is 1. The lowest BCUT2D eigenvalue weighted by Gasteiger charge is -2.32. The number of nitrogens with one attached hydrogen (secondary N) is 2. The Bertz CT molecular complexity index is 904. The van der Waals surface area contributed by atoms with Crippen molar-refractivity contribution in [2.75, 3.05) is 13.1 Å². The third-order valence-electron chi connectivity index (χ3n) is 6.60. The van der Waals surface area contributed by atoms with Crippen LogP contribution in [0, 0.1) is 0 Å². The topological polar surface area (TPSA) is 61.4 Å². The first kappa shape index (κ1) is 21.6. The van der Waals surface area contributed by atoms with Crippen molar-refractivity contribution in [2.45, 2.75) is 64.1 Å².